The standard InChI is InChI=1S/C16H24ClN5O2/c1-4-21(5-2)11(3)10-19-15(23)12-8-13(17)20-14(9-12)22-7-6-18-16(22)24/h8-9,11H,4-7,10H2,1-3H3,(H,18,24)(H,19,23). The highest BCUT2D eigenvalue weighted by Gasteiger charge is 2.24. The number of rotatable bonds is 7. The predicted molar refractivity (Wildman–Crippen MR) is 94.7 cm³/mol. The number of anilines is 1. The number of nitrogens with zero attached hydrogens (tertiary/aromatic N) is 3. The van der Waals surface area contributed by atoms with E-state index in [2.05, 4.69) is 41.3 Å². The number of hydrogen-bond donors (Lipinski definition) is 2. The summed E-state index contributed by atoms with van der Waals surface area (Å²) in [5.41, 5.74) is 0.399. The summed E-state index contributed by atoms with van der Waals surface area (Å²) < 4.78 is 0. The number of pyridine rings is 1. The first-order valence-electron chi connectivity index (χ1n) is 8.21. The zero-order valence-electron chi connectivity index (χ0n) is 14.3. The maximum absolute atomic E-state index is 12.4. The molecule has 1 aromatic rings. The maximum atomic E-state index is 12.4. The molecule has 7 nitrogen and oxygen atoms in total. The van der Waals surface area contributed by atoms with Crippen LogP contribution in [0.5, 0.6) is 0 Å². The summed E-state index contributed by atoms with van der Waals surface area (Å²) >= 11 is 6.02. The number of halogens is 1. The second kappa shape index (κ2) is 8.30. The number of aromatic nitrogens is 1. The van der Waals surface area contributed by atoms with Gasteiger partial charge in [-0.05, 0) is 32.1 Å². The third kappa shape index (κ3) is 4.36. The minimum Gasteiger partial charge on any atom is -0.350 e. The normalized spacial score (nSPS) is 15.5. The van der Waals surface area contributed by atoms with Gasteiger partial charge in [0.05, 0.1) is 0 Å². The van der Waals surface area contributed by atoms with Gasteiger partial charge in [-0.15, -0.1) is 0 Å². The Kier molecular flexibility index (Phi) is 6.39. The van der Waals surface area contributed by atoms with E-state index in [0.29, 0.717) is 31.0 Å². The van der Waals surface area contributed by atoms with Gasteiger partial charge >= 0.3 is 6.03 Å². The molecule has 1 saturated heterocycles. The summed E-state index contributed by atoms with van der Waals surface area (Å²) in [7, 11) is 0. The third-order valence-corrected chi connectivity index (χ3v) is 4.36. The topological polar surface area (TPSA) is 77.6 Å². The number of urea groups is 1. The highest BCUT2D eigenvalue weighted by molar-refractivity contribution is 6.30. The molecule has 0 bridgehead atoms. The van der Waals surface area contributed by atoms with E-state index in [0.717, 1.165) is 13.1 Å². The number of amides is 3. The van der Waals surface area contributed by atoms with Crippen molar-refractivity contribution in [2.45, 2.75) is 26.8 Å². The summed E-state index contributed by atoms with van der Waals surface area (Å²) in [5, 5.41) is 5.81. The van der Waals surface area contributed by atoms with Crippen LogP contribution in [0, 0.1) is 0 Å². The minimum absolute atomic E-state index is 0.189. The van der Waals surface area contributed by atoms with Crippen LogP contribution >= 0.6 is 11.6 Å². The van der Waals surface area contributed by atoms with Crippen LogP contribution in [0.2, 0.25) is 5.15 Å². The number of likely N-dealkylation sites (N-methyl/N-ethyl adjacent to an activating group) is 1. The summed E-state index contributed by atoms with van der Waals surface area (Å²) in [6.45, 7) is 9.73. The molecular weight excluding hydrogens is 330 g/mol. The van der Waals surface area contributed by atoms with Gasteiger partial charge in [0.2, 0.25) is 0 Å². The van der Waals surface area contributed by atoms with Gasteiger partial charge in [-0.3, -0.25) is 14.6 Å². The zero-order valence-corrected chi connectivity index (χ0v) is 15.1. The largest absolute Gasteiger partial charge is 0.350 e. The van der Waals surface area contributed by atoms with Crippen LogP contribution in [0.1, 0.15) is 31.1 Å². The predicted octanol–water partition coefficient (Wildman–Crippen LogP) is 1.72. The van der Waals surface area contributed by atoms with Crippen molar-refractivity contribution in [1.29, 1.82) is 0 Å². The molecule has 0 spiro atoms. The van der Waals surface area contributed by atoms with E-state index in [1.807, 2.05) is 0 Å². The van der Waals surface area contributed by atoms with Crippen LogP contribution in [0.25, 0.3) is 0 Å². The summed E-state index contributed by atoms with van der Waals surface area (Å²) in [4.78, 5) is 32.0. The monoisotopic (exact) mass is 353 g/mol. The van der Waals surface area contributed by atoms with Crippen LogP contribution in [-0.4, -0.2) is 60.6 Å². The Labute approximate surface area is 147 Å². The quantitative estimate of drug-likeness (QED) is 0.732. The Bertz CT molecular complexity index is 606. The maximum Gasteiger partial charge on any atom is 0.323 e. The molecule has 1 aliphatic rings. The van der Waals surface area contributed by atoms with Crippen LogP contribution in [-0.2, 0) is 0 Å². The minimum atomic E-state index is -0.230. The molecule has 1 aliphatic heterocycles. The fourth-order valence-electron chi connectivity index (χ4n) is 2.76. The molecule has 24 heavy (non-hydrogen) atoms. The van der Waals surface area contributed by atoms with Crippen molar-refractivity contribution in [3.05, 3.63) is 22.8 Å². The lowest BCUT2D eigenvalue weighted by Crippen LogP contribution is -2.42. The zero-order chi connectivity index (χ0) is 17.7. The van der Waals surface area contributed by atoms with Crippen molar-refractivity contribution in [2.75, 3.05) is 37.6 Å². The molecule has 1 atom stereocenters. The molecule has 3 amide bonds. The summed E-state index contributed by atoms with van der Waals surface area (Å²) in [6.07, 6.45) is 0. The fraction of sp³-hybridized carbons (Fsp3) is 0.562. The first-order valence-corrected chi connectivity index (χ1v) is 8.59. The van der Waals surface area contributed by atoms with Crippen molar-refractivity contribution in [3.8, 4) is 0 Å². The molecule has 2 N–H and O–H groups in total. The third-order valence-electron chi connectivity index (χ3n) is 4.17. The first kappa shape index (κ1) is 18.5. The van der Waals surface area contributed by atoms with Crippen molar-refractivity contribution in [1.82, 2.24) is 20.5 Å². The van der Waals surface area contributed by atoms with E-state index < -0.39 is 0 Å². The summed E-state index contributed by atoms with van der Waals surface area (Å²) in [6, 6.07) is 3.11. The average Bonchev–Trinajstić information content (AvgIpc) is 2.99. The Morgan fingerprint density at radius 1 is 1.46 bits per heavy atom. The lowest BCUT2D eigenvalue weighted by atomic mass is 10.2. The highest BCUT2D eigenvalue weighted by atomic mass is 35.5. The van der Waals surface area contributed by atoms with Crippen LogP contribution in [0.3, 0.4) is 0 Å². The van der Waals surface area contributed by atoms with Crippen LogP contribution < -0.4 is 15.5 Å². The average molecular weight is 354 g/mol. The Hall–Kier alpha value is -1.86. The molecule has 0 saturated carbocycles. The lowest BCUT2D eigenvalue weighted by molar-refractivity contribution is 0.0938. The molecule has 1 aromatic heterocycles. The first-order chi connectivity index (χ1) is 11.5. The van der Waals surface area contributed by atoms with Gasteiger partial charge in [0, 0.05) is 31.2 Å². The SMILES string of the molecule is CCN(CC)C(C)CNC(=O)c1cc(Cl)nc(N2CCNC2=O)c1. The van der Waals surface area contributed by atoms with Crippen molar-refractivity contribution >= 4 is 29.4 Å². The van der Waals surface area contributed by atoms with Gasteiger partial charge < -0.3 is 10.6 Å². The molecule has 1 fully saturated rings. The molecule has 2 heterocycles. The number of carbonyl (C=O) groups excluding carboxylic acids is 2. The van der Waals surface area contributed by atoms with Gasteiger partial charge in [0.15, 0.2) is 0 Å². The number of carbonyl (C=O) groups is 2. The van der Waals surface area contributed by atoms with E-state index in [1.165, 1.54) is 11.0 Å². The van der Waals surface area contributed by atoms with Gasteiger partial charge in [-0.1, -0.05) is 25.4 Å². The van der Waals surface area contributed by atoms with E-state index in [4.69, 9.17) is 11.6 Å². The molecule has 2 rings (SSSR count). The second-order valence-corrected chi connectivity index (χ2v) is 6.09. The van der Waals surface area contributed by atoms with Crippen LogP contribution in [0.4, 0.5) is 10.6 Å². The number of hydrogen-bond acceptors (Lipinski definition) is 4. The van der Waals surface area contributed by atoms with Crippen molar-refractivity contribution in [2.24, 2.45) is 0 Å². The highest BCUT2D eigenvalue weighted by Crippen LogP contribution is 2.19. The Morgan fingerprint density at radius 2 is 2.17 bits per heavy atom. The van der Waals surface area contributed by atoms with Gasteiger partial charge in [0.25, 0.3) is 5.91 Å². The van der Waals surface area contributed by atoms with Gasteiger partial charge in [-0.25, -0.2) is 9.78 Å². The van der Waals surface area contributed by atoms with E-state index in [-0.39, 0.29) is 23.1 Å². The molecule has 0 aromatic carbocycles. The molecule has 0 radical (unpaired) electrons. The Balaban J connectivity index is 2.06. The van der Waals surface area contributed by atoms with Gasteiger partial charge in [-0.2, -0.15) is 0 Å². The fourth-order valence-corrected chi connectivity index (χ4v) is 2.97. The number of nitrogens with one attached hydrogen (secondary N) is 2. The Morgan fingerprint density at radius 3 is 2.75 bits per heavy atom. The van der Waals surface area contributed by atoms with E-state index in [9.17, 15) is 9.59 Å². The lowest BCUT2D eigenvalue weighted by Gasteiger charge is -2.26. The molecule has 8 heteroatoms. The second-order valence-electron chi connectivity index (χ2n) is 5.70. The van der Waals surface area contributed by atoms with Gasteiger partial charge in [0.1, 0.15) is 11.0 Å². The van der Waals surface area contributed by atoms with Crippen molar-refractivity contribution < 1.29 is 9.59 Å². The molecular formula is C16H24ClN5O2. The van der Waals surface area contributed by atoms with Crippen LogP contribution in [0.15, 0.2) is 12.1 Å². The van der Waals surface area contributed by atoms with Crippen molar-refractivity contribution in [3.63, 3.8) is 0 Å². The molecule has 132 valence electrons. The molecule has 0 aliphatic carbocycles. The molecule has 1 unspecified atom stereocenters. The van der Waals surface area contributed by atoms with E-state index >= 15 is 0 Å². The smallest absolute Gasteiger partial charge is 0.323 e. The van der Waals surface area contributed by atoms with E-state index in [1.54, 1.807) is 6.07 Å². The summed E-state index contributed by atoms with van der Waals surface area (Å²) in [5.74, 6) is 0.165.